The Morgan fingerprint density at radius 3 is 2.81 bits per heavy atom. The van der Waals surface area contributed by atoms with E-state index in [1.807, 2.05) is 0 Å². The smallest absolute Gasteiger partial charge is 0.292 e. The normalized spacial score (nSPS) is 10.3. The molecule has 0 atom stereocenters. The Balaban J connectivity index is 2.51. The van der Waals surface area contributed by atoms with Crippen LogP contribution in [0.1, 0.15) is 5.82 Å². The molecule has 0 fully saturated rings. The lowest BCUT2D eigenvalue weighted by atomic mass is 10.2. The molecule has 0 radical (unpaired) electrons. The number of aromatic nitrogens is 2. The second kappa shape index (κ2) is 3.61. The summed E-state index contributed by atoms with van der Waals surface area (Å²) < 4.78 is 4.90. The zero-order valence-corrected chi connectivity index (χ0v) is 8.38. The molecular formula is C9H8N4O3. The van der Waals surface area contributed by atoms with E-state index in [0.717, 1.165) is 0 Å². The molecule has 7 heteroatoms. The molecule has 0 saturated carbocycles. The first-order valence-electron chi connectivity index (χ1n) is 4.42. The highest BCUT2D eigenvalue weighted by Crippen LogP contribution is 2.27. The fourth-order valence-corrected chi connectivity index (χ4v) is 1.25. The molecule has 1 heterocycles. The summed E-state index contributed by atoms with van der Waals surface area (Å²) >= 11 is 0. The molecule has 0 amide bonds. The summed E-state index contributed by atoms with van der Waals surface area (Å²) in [4.78, 5) is 14.1. The van der Waals surface area contributed by atoms with Gasteiger partial charge in [-0.3, -0.25) is 10.1 Å². The van der Waals surface area contributed by atoms with Gasteiger partial charge in [-0.05, 0) is 19.1 Å². The van der Waals surface area contributed by atoms with Crippen molar-refractivity contribution in [2.45, 2.75) is 6.92 Å². The molecule has 1 aromatic heterocycles. The minimum absolute atomic E-state index is 0.102. The molecule has 2 N–H and O–H groups in total. The number of nitrogen functional groups attached to an aromatic ring is 1. The Bertz CT molecular complexity index is 549. The van der Waals surface area contributed by atoms with Crippen molar-refractivity contribution < 1.29 is 9.45 Å². The van der Waals surface area contributed by atoms with E-state index in [4.69, 9.17) is 10.3 Å². The number of nitro groups is 1. The van der Waals surface area contributed by atoms with Crippen molar-refractivity contribution in [2.75, 3.05) is 5.73 Å². The van der Waals surface area contributed by atoms with E-state index in [9.17, 15) is 10.1 Å². The number of benzene rings is 1. The number of anilines is 1. The first-order chi connectivity index (χ1) is 7.58. The third-order valence-corrected chi connectivity index (χ3v) is 2.00. The van der Waals surface area contributed by atoms with Crippen molar-refractivity contribution >= 4 is 11.4 Å². The van der Waals surface area contributed by atoms with Gasteiger partial charge in [-0.2, -0.15) is 4.98 Å². The molecule has 0 aliphatic carbocycles. The predicted octanol–water partition coefficient (Wildman–Crippen LogP) is 1.54. The van der Waals surface area contributed by atoms with Gasteiger partial charge < -0.3 is 10.3 Å². The standard InChI is InChI=1S/C9H8N4O3/c1-5-11-9(16-12-5)6-2-3-7(10)8(4-6)13(14)15/h2-4H,10H2,1H3. The first kappa shape index (κ1) is 10.1. The van der Waals surface area contributed by atoms with E-state index < -0.39 is 4.92 Å². The molecule has 1 aromatic carbocycles. The van der Waals surface area contributed by atoms with Crippen molar-refractivity contribution in [1.82, 2.24) is 10.1 Å². The van der Waals surface area contributed by atoms with Gasteiger partial charge in [0.25, 0.3) is 11.6 Å². The van der Waals surface area contributed by atoms with E-state index >= 15 is 0 Å². The molecule has 0 aliphatic heterocycles. The maximum absolute atomic E-state index is 10.7. The van der Waals surface area contributed by atoms with Crippen molar-refractivity contribution in [2.24, 2.45) is 0 Å². The van der Waals surface area contributed by atoms with Crippen LogP contribution in [0, 0.1) is 17.0 Å². The Labute approximate surface area is 90.0 Å². The molecule has 0 unspecified atom stereocenters. The van der Waals surface area contributed by atoms with Crippen molar-refractivity contribution in [1.29, 1.82) is 0 Å². The summed E-state index contributed by atoms with van der Waals surface area (Å²) in [7, 11) is 0. The monoisotopic (exact) mass is 220 g/mol. The van der Waals surface area contributed by atoms with Crippen molar-refractivity contribution in [3.63, 3.8) is 0 Å². The maximum Gasteiger partial charge on any atom is 0.292 e. The summed E-state index contributed by atoms with van der Waals surface area (Å²) in [5, 5.41) is 14.3. The van der Waals surface area contributed by atoms with Crippen LogP contribution in [0.15, 0.2) is 22.7 Å². The van der Waals surface area contributed by atoms with E-state index in [2.05, 4.69) is 10.1 Å². The van der Waals surface area contributed by atoms with Crippen LogP contribution in [0.4, 0.5) is 11.4 Å². The fraction of sp³-hybridized carbons (Fsp3) is 0.111. The molecule has 2 rings (SSSR count). The quantitative estimate of drug-likeness (QED) is 0.467. The second-order valence-corrected chi connectivity index (χ2v) is 3.18. The van der Waals surface area contributed by atoms with Crippen LogP contribution in [-0.2, 0) is 0 Å². The molecular weight excluding hydrogens is 212 g/mol. The molecule has 82 valence electrons. The van der Waals surface area contributed by atoms with Gasteiger partial charge in [0.05, 0.1) is 4.92 Å². The van der Waals surface area contributed by atoms with E-state index in [-0.39, 0.29) is 17.3 Å². The maximum atomic E-state index is 10.7. The average Bonchev–Trinajstić information content (AvgIpc) is 2.65. The minimum atomic E-state index is -0.554. The van der Waals surface area contributed by atoms with Crippen LogP contribution >= 0.6 is 0 Å². The highest BCUT2D eigenvalue weighted by Gasteiger charge is 2.15. The van der Waals surface area contributed by atoms with Gasteiger partial charge in [0.15, 0.2) is 5.82 Å². The van der Waals surface area contributed by atoms with Gasteiger partial charge in [0.1, 0.15) is 5.69 Å². The number of hydrogen-bond acceptors (Lipinski definition) is 6. The minimum Gasteiger partial charge on any atom is -0.393 e. The zero-order valence-electron chi connectivity index (χ0n) is 8.38. The van der Waals surface area contributed by atoms with E-state index in [1.54, 1.807) is 13.0 Å². The van der Waals surface area contributed by atoms with Crippen LogP contribution in [0.2, 0.25) is 0 Å². The molecule has 16 heavy (non-hydrogen) atoms. The van der Waals surface area contributed by atoms with Crippen LogP contribution < -0.4 is 5.73 Å². The van der Waals surface area contributed by atoms with Gasteiger partial charge in [-0.1, -0.05) is 5.16 Å². The highest BCUT2D eigenvalue weighted by atomic mass is 16.6. The molecule has 0 aliphatic rings. The average molecular weight is 220 g/mol. The van der Waals surface area contributed by atoms with Gasteiger partial charge in [-0.15, -0.1) is 0 Å². The summed E-state index contributed by atoms with van der Waals surface area (Å²) in [5.74, 6) is 0.704. The van der Waals surface area contributed by atoms with Gasteiger partial charge in [-0.25, -0.2) is 0 Å². The van der Waals surface area contributed by atoms with Crippen LogP contribution in [0.25, 0.3) is 11.5 Å². The molecule has 2 aromatic rings. The highest BCUT2D eigenvalue weighted by molar-refractivity contribution is 5.67. The topological polar surface area (TPSA) is 108 Å². The Hall–Kier alpha value is -2.44. The van der Waals surface area contributed by atoms with E-state index in [0.29, 0.717) is 11.4 Å². The summed E-state index contributed by atoms with van der Waals surface area (Å²) in [5.41, 5.74) is 5.87. The molecule has 0 bridgehead atoms. The third-order valence-electron chi connectivity index (χ3n) is 2.00. The lowest BCUT2D eigenvalue weighted by Crippen LogP contribution is -1.95. The number of nitrogens with zero attached hydrogens (tertiary/aromatic N) is 3. The fourth-order valence-electron chi connectivity index (χ4n) is 1.25. The molecule has 7 nitrogen and oxygen atoms in total. The SMILES string of the molecule is Cc1noc(-c2ccc(N)c([N+](=O)[O-])c2)n1. The largest absolute Gasteiger partial charge is 0.393 e. The summed E-state index contributed by atoms with van der Waals surface area (Å²) in [6, 6.07) is 4.34. The third kappa shape index (κ3) is 1.70. The number of hydrogen-bond donors (Lipinski definition) is 1. The van der Waals surface area contributed by atoms with Gasteiger partial charge >= 0.3 is 0 Å². The first-order valence-corrected chi connectivity index (χ1v) is 4.42. The van der Waals surface area contributed by atoms with Gasteiger partial charge in [0, 0.05) is 11.6 Å². The molecule has 0 saturated heterocycles. The van der Waals surface area contributed by atoms with Crippen LogP contribution in [-0.4, -0.2) is 15.1 Å². The molecule has 0 spiro atoms. The Morgan fingerprint density at radius 1 is 1.50 bits per heavy atom. The lowest BCUT2D eigenvalue weighted by Gasteiger charge is -1.98. The predicted molar refractivity (Wildman–Crippen MR) is 55.5 cm³/mol. The van der Waals surface area contributed by atoms with Crippen molar-refractivity contribution in [3.8, 4) is 11.5 Å². The second-order valence-electron chi connectivity index (χ2n) is 3.18. The zero-order chi connectivity index (χ0) is 11.7. The van der Waals surface area contributed by atoms with Crippen LogP contribution in [0.5, 0.6) is 0 Å². The van der Waals surface area contributed by atoms with Gasteiger partial charge in [0.2, 0.25) is 0 Å². The number of rotatable bonds is 2. The summed E-state index contributed by atoms with van der Waals surface area (Å²) in [6.45, 7) is 1.67. The summed E-state index contributed by atoms with van der Waals surface area (Å²) in [6.07, 6.45) is 0. The number of nitrogens with two attached hydrogens (primary N) is 1. The van der Waals surface area contributed by atoms with E-state index in [1.165, 1.54) is 12.1 Å². The lowest BCUT2D eigenvalue weighted by molar-refractivity contribution is -0.383. The van der Waals surface area contributed by atoms with Crippen molar-refractivity contribution in [3.05, 3.63) is 34.1 Å². The number of aryl methyl sites for hydroxylation is 1. The van der Waals surface area contributed by atoms with Crippen LogP contribution in [0.3, 0.4) is 0 Å². The Kier molecular flexibility index (Phi) is 2.28. The number of nitro benzene ring substituents is 1. The Morgan fingerprint density at radius 2 is 2.25 bits per heavy atom.